The van der Waals surface area contributed by atoms with E-state index in [0.717, 1.165) is 21.5 Å². The van der Waals surface area contributed by atoms with Crippen LogP contribution in [0.15, 0.2) is 71.3 Å². The van der Waals surface area contributed by atoms with E-state index in [9.17, 15) is 0 Å². The summed E-state index contributed by atoms with van der Waals surface area (Å²) in [6.45, 7) is 0. The number of ether oxygens (including phenoxy) is 1. The van der Waals surface area contributed by atoms with E-state index < -0.39 is 0 Å². The molecule has 0 fully saturated rings. The first kappa shape index (κ1) is 13.8. The summed E-state index contributed by atoms with van der Waals surface area (Å²) in [5, 5.41) is 0. The molecule has 21 heavy (non-hydrogen) atoms. The minimum absolute atomic E-state index is 0.815. The van der Waals surface area contributed by atoms with Gasteiger partial charge < -0.3 is 4.74 Å². The number of hydrogen-bond acceptors (Lipinski definition) is 2. The van der Waals surface area contributed by atoms with Gasteiger partial charge in [0.1, 0.15) is 5.75 Å². The van der Waals surface area contributed by atoms with Gasteiger partial charge in [-0.1, -0.05) is 58.4 Å². The maximum atomic E-state index is 5.24. The highest BCUT2D eigenvalue weighted by Crippen LogP contribution is 2.30. The van der Waals surface area contributed by atoms with Gasteiger partial charge >= 0.3 is 0 Å². The predicted molar refractivity (Wildman–Crippen MR) is 89.4 cm³/mol. The molecule has 0 N–H and O–H groups in total. The van der Waals surface area contributed by atoms with E-state index in [4.69, 9.17) is 4.74 Å². The highest BCUT2D eigenvalue weighted by molar-refractivity contribution is 9.10. The molecular weight excluding hydrogens is 326 g/mol. The quantitative estimate of drug-likeness (QED) is 0.655. The summed E-state index contributed by atoms with van der Waals surface area (Å²) in [6, 6.07) is 20.4. The Balaban J connectivity index is 1.96. The largest absolute Gasteiger partial charge is 0.497 e. The number of halogens is 1. The Morgan fingerprint density at radius 3 is 2.33 bits per heavy atom. The first-order valence-electron chi connectivity index (χ1n) is 6.63. The van der Waals surface area contributed by atoms with Crippen molar-refractivity contribution in [3.05, 3.63) is 71.3 Å². The first-order chi connectivity index (χ1) is 10.3. The van der Waals surface area contributed by atoms with Crippen LogP contribution < -0.4 is 4.74 Å². The van der Waals surface area contributed by atoms with Gasteiger partial charge in [-0.3, -0.25) is 4.98 Å². The van der Waals surface area contributed by atoms with Crippen molar-refractivity contribution < 1.29 is 4.74 Å². The minimum Gasteiger partial charge on any atom is -0.497 e. The zero-order chi connectivity index (χ0) is 14.7. The third kappa shape index (κ3) is 2.98. The molecule has 2 nitrogen and oxygen atoms in total. The van der Waals surface area contributed by atoms with Crippen LogP contribution in [-0.4, -0.2) is 12.1 Å². The molecule has 0 radical (unpaired) electrons. The lowest BCUT2D eigenvalue weighted by Crippen LogP contribution is -1.87. The maximum Gasteiger partial charge on any atom is 0.122 e. The summed E-state index contributed by atoms with van der Waals surface area (Å²) in [5.41, 5.74) is 4.34. The van der Waals surface area contributed by atoms with Crippen LogP contribution in [0.3, 0.4) is 0 Å². The first-order valence-corrected chi connectivity index (χ1v) is 7.42. The van der Waals surface area contributed by atoms with E-state index in [0.29, 0.717) is 0 Å². The Morgan fingerprint density at radius 1 is 0.905 bits per heavy atom. The zero-order valence-corrected chi connectivity index (χ0v) is 13.2. The van der Waals surface area contributed by atoms with Crippen molar-refractivity contribution in [1.29, 1.82) is 0 Å². The number of hydrogen-bond donors (Lipinski definition) is 0. The van der Waals surface area contributed by atoms with Gasteiger partial charge in [0.2, 0.25) is 0 Å². The highest BCUT2D eigenvalue weighted by atomic mass is 79.9. The van der Waals surface area contributed by atoms with Gasteiger partial charge in [0.15, 0.2) is 0 Å². The van der Waals surface area contributed by atoms with E-state index >= 15 is 0 Å². The van der Waals surface area contributed by atoms with Crippen LogP contribution in [0.25, 0.3) is 22.4 Å². The summed E-state index contributed by atoms with van der Waals surface area (Å²) in [5.74, 6) is 0.815. The van der Waals surface area contributed by atoms with Crippen molar-refractivity contribution in [3.63, 3.8) is 0 Å². The maximum absolute atomic E-state index is 5.24. The van der Waals surface area contributed by atoms with Crippen molar-refractivity contribution in [2.45, 2.75) is 0 Å². The minimum atomic E-state index is 0.815. The number of rotatable bonds is 3. The second kappa shape index (κ2) is 6.10. The monoisotopic (exact) mass is 339 g/mol. The van der Waals surface area contributed by atoms with Gasteiger partial charge in [-0.15, -0.1) is 0 Å². The fourth-order valence-electron chi connectivity index (χ4n) is 2.21. The van der Waals surface area contributed by atoms with Gasteiger partial charge in [-0.2, -0.15) is 0 Å². The zero-order valence-electron chi connectivity index (χ0n) is 11.6. The Kier molecular flexibility index (Phi) is 4.02. The van der Waals surface area contributed by atoms with Crippen LogP contribution in [0.2, 0.25) is 0 Å². The molecule has 0 spiro atoms. The molecule has 2 aromatic carbocycles. The third-order valence-corrected chi connectivity index (χ3v) is 4.02. The summed E-state index contributed by atoms with van der Waals surface area (Å²) >= 11 is 3.59. The van der Waals surface area contributed by atoms with Crippen molar-refractivity contribution in [2.24, 2.45) is 0 Å². The molecule has 0 saturated heterocycles. The number of pyridine rings is 1. The average Bonchev–Trinajstić information content (AvgIpc) is 2.56. The van der Waals surface area contributed by atoms with Gasteiger partial charge in [0.25, 0.3) is 0 Å². The van der Waals surface area contributed by atoms with Crippen LogP contribution in [0.5, 0.6) is 5.75 Å². The molecule has 0 saturated carbocycles. The van der Waals surface area contributed by atoms with Crippen molar-refractivity contribution in [1.82, 2.24) is 4.98 Å². The lowest BCUT2D eigenvalue weighted by Gasteiger charge is -2.07. The Bertz CT molecular complexity index is 753. The third-order valence-electron chi connectivity index (χ3n) is 3.33. The van der Waals surface area contributed by atoms with E-state index in [1.807, 2.05) is 30.3 Å². The summed E-state index contributed by atoms with van der Waals surface area (Å²) in [6.07, 6.45) is 1.76. The fourth-order valence-corrected chi connectivity index (χ4v) is 2.73. The van der Waals surface area contributed by atoms with Crippen molar-refractivity contribution >= 4 is 15.9 Å². The second-order valence-electron chi connectivity index (χ2n) is 4.64. The molecule has 1 heterocycles. The molecule has 1 aromatic heterocycles. The van der Waals surface area contributed by atoms with Gasteiger partial charge in [0.05, 0.1) is 12.8 Å². The number of methoxy groups -OCH3 is 1. The van der Waals surface area contributed by atoms with Crippen molar-refractivity contribution in [2.75, 3.05) is 7.11 Å². The molecule has 0 aliphatic rings. The number of aromatic nitrogens is 1. The Labute approximate surface area is 132 Å². The van der Waals surface area contributed by atoms with Crippen LogP contribution in [0, 0.1) is 0 Å². The number of nitrogens with zero attached hydrogens (tertiary/aromatic N) is 1. The van der Waals surface area contributed by atoms with E-state index in [1.165, 1.54) is 11.1 Å². The molecule has 0 bridgehead atoms. The predicted octanol–water partition coefficient (Wildman–Crippen LogP) is 5.19. The molecule has 104 valence electrons. The Morgan fingerprint density at radius 2 is 1.62 bits per heavy atom. The normalized spacial score (nSPS) is 10.4. The lowest BCUT2D eigenvalue weighted by atomic mass is 10.0. The molecular formula is C18H14BrNO. The average molecular weight is 340 g/mol. The second-order valence-corrected chi connectivity index (χ2v) is 5.49. The van der Waals surface area contributed by atoms with E-state index in [1.54, 1.807) is 13.3 Å². The van der Waals surface area contributed by atoms with Crippen LogP contribution in [0.4, 0.5) is 0 Å². The topological polar surface area (TPSA) is 22.1 Å². The van der Waals surface area contributed by atoms with Crippen molar-refractivity contribution in [3.8, 4) is 28.1 Å². The van der Waals surface area contributed by atoms with Gasteiger partial charge in [-0.05, 0) is 23.3 Å². The van der Waals surface area contributed by atoms with Crippen LogP contribution in [-0.2, 0) is 0 Å². The lowest BCUT2D eigenvalue weighted by molar-refractivity contribution is 0.414. The molecule has 3 aromatic rings. The fraction of sp³-hybridized carbons (Fsp3) is 0.0556. The summed E-state index contributed by atoms with van der Waals surface area (Å²) in [7, 11) is 1.66. The molecule has 0 amide bonds. The van der Waals surface area contributed by atoms with Gasteiger partial charge in [-0.25, -0.2) is 0 Å². The molecule has 0 aliphatic heterocycles. The molecule has 0 atom stereocenters. The number of benzene rings is 2. The van der Waals surface area contributed by atoms with E-state index in [-0.39, 0.29) is 0 Å². The standard InChI is InChI=1S/C18H14BrNO/c1-21-15-10-11-20-18(12-15)14-8-6-13(7-9-14)16-4-2-3-5-17(16)19/h2-12H,1H3. The summed E-state index contributed by atoms with van der Waals surface area (Å²) in [4.78, 5) is 4.39. The molecule has 0 aliphatic carbocycles. The summed E-state index contributed by atoms with van der Waals surface area (Å²) < 4.78 is 6.33. The Hall–Kier alpha value is -2.13. The van der Waals surface area contributed by atoms with Crippen LogP contribution >= 0.6 is 15.9 Å². The van der Waals surface area contributed by atoms with Crippen LogP contribution in [0.1, 0.15) is 0 Å². The van der Waals surface area contributed by atoms with Gasteiger partial charge in [0, 0.05) is 22.3 Å². The smallest absolute Gasteiger partial charge is 0.122 e. The molecule has 3 heteroatoms. The molecule has 3 rings (SSSR count). The molecule has 0 unspecified atom stereocenters. The SMILES string of the molecule is COc1ccnc(-c2ccc(-c3ccccc3Br)cc2)c1. The van der Waals surface area contributed by atoms with E-state index in [2.05, 4.69) is 51.2 Å². The highest BCUT2D eigenvalue weighted by Gasteiger charge is 2.04.